The van der Waals surface area contributed by atoms with Crippen LogP contribution in [-0.4, -0.2) is 31.6 Å². The number of rotatable bonds is 8. The van der Waals surface area contributed by atoms with Crippen molar-refractivity contribution in [2.75, 3.05) is 26.7 Å². The largest absolute Gasteiger partial charge is 0.330 e. The third-order valence-corrected chi connectivity index (χ3v) is 3.54. The van der Waals surface area contributed by atoms with Gasteiger partial charge in [-0.2, -0.15) is 0 Å². The maximum absolute atomic E-state index is 5.47. The standard InChI is InChI=1S/C13H28N2/c1-15(11-7-3-2-6-10-14)12-13-8-4-5-9-13/h13H,2-12,14H2,1H3. The van der Waals surface area contributed by atoms with Crippen molar-refractivity contribution in [3.05, 3.63) is 0 Å². The van der Waals surface area contributed by atoms with E-state index in [0.717, 1.165) is 12.5 Å². The van der Waals surface area contributed by atoms with Crippen molar-refractivity contribution in [2.45, 2.75) is 51.4 Å². The van der Waals surface area contributed by atoms with Gasteiger partial charge in [0.1, 0.15) is 0 Å². The van der Waals surface area contributed by atoms with E-state index in [2.05, 4.69) is 11.9 Å². The molecule has 1 rings (SSSR count). The molecule has 1 aliphatic carbocycles. The Balaban J connectivity index is 1.91. The molecule has 2 heteroatoms. The Hall–Kier alpha value is -0.0800. The summed E-state index contributed by atoms with van der Waals surface area (Å²) in [5.74, 6) is 0.999. The monoisotopic (exact) mass is 212 g/mol. The molecular weight excluding hydrogens is 184 g/mol. The van der Waals surface area contributed by atoms with Crippen LogP contribution < -0.4 is 5.73 Å². The van der Waals surface area contributed by atoms with Gasteiger partial charge in [-0.3, -0.25) is 0 Å². The van der Waals surface area contributed by atoms with Crippen LogP contribution in [0.3, 0.4) is 0 Å². The van der Waals surface area contributed by atoms with E-state index in [4.69, 9.17) is 5.73 Å². The summed E-state index contributed by atoms with van der Waals surface area (Å²) in [6.45, 7) is 3.47. The van der Waals surface area contributed by atoms with E-state index >= 15 is 0 Å². The highest BCUT2D eigenvalue weighted by atomic mass is 15.1. The highest BCUT2D eigenvalue weighted by molar-refractivity contribution is 4.70. The van der Waals surface area contributed by atoms with Crippen LogP contribution in [0.4, 0.5) is 0 Å². The maximum atomic E-state index is 5.47. The van der Waals surface area contributed by atoms with Gasteiger partial charge in [0, 0.05) is 6.54 Å². The Labute approximate surface area is 95.2 Å². The van der Waals surface area contributed by atoms with Crippen molar-refractivity contribution >= 4 is 0 Å². The van der Waals surface area contributed by atoms with Gasteiger partial charge >= 0.3 is 0 Å². The molecule has 0 radical (unpaired) electrons. The molecule has 0 amide bonds. The molecule has 0 heterocycles. The molecule has 2 nitrogen and oxygen atoms in total. The van der Waals surface area contributed by atoms with E-state index in [9.17, 15) is 0 Å². The molecule has 0 unspecified atom stereocenters. The highest BCUT2D eigenvalue weighted by Crippen LogP contribution is 2.25. The maximum Gasteiger partial charge on any atom is 0.000661 e. The van der Waals surface area contributed by atoms with Crippen LogP contribution >= 0.6 is 0 Å². The molecule has 0 aromatic heterocycles. The average molecular weight is 212 g/mol. The summed E-state index contributed by atoms with van der Waals surface area (Å²) >= 11 is 0. The molecule has 0 atom stereocenters. The lowest BCUT2D eigenvalue weighted by atomic mass is 10.1. The van der Waals surface area contributed by atoms with E-state index < -0.39 is 0 Å². The third-order valence-electron chi connectivity index (χ3n) is 3.54. The van der Waals surface area contributed by atoms with Crippen molar-refractivity contribution in [1.29, 1.82) is 0 Å². The number of unbranched alkanes of at least 4 members (excludes halogenated alkanes) is 3. The van der Waals surface area contributed by atoms with Crippen LogP contribution in [0, 0.1) is 5.92 Å². The fourth-order valence-corrected chi connectivity index (χ4v) is 2.60. The average Bonchev–Trinajstić information content (AvgIpc) is 2.70. The SMILES string of the molecule is CN(CCCCCCN)CC1CCCC1. The first kappa shape index (κ1) is 13.0. The molecule has 1 saturated carbocycles. The molecular formula is C13H28N2. The first-order valence-electron chi connectivity index (χ1n) is 6.71. The lowest BCUT2D eigenvalue weighted by molar-refractivity contribution is 0.272. The van der Waals surface area contributed by atoms with Crippen LogP contribution in [0.1, 0.15) is 51.4 Å². The minimum absolute atomic E-state index is 0.859. The Morgan fingerprint density at radius 3 is 2.40 bits per heavy atom. The van der Waals surface area contributed by atoms with Gasteiger partial charge in [-0.05, 0) is 51.7 Å². The quantitative estimate of drug-likeness (QED) is 0.627. The van der Waals surface area contributed by atoms with Crippen LogP contribution in [0.5, 0.6) is 0 Å². The summed E-state index contributed by atoms with van der Waals surface area (Å²) in [7, 11) is 2.28. The van der Waals surface area contributed by atoms with Crippen molar-refractivity contribution in [3.63, 3.8) is 0 Å². The van der Waals surface area contributed by atoms with Gasteiger partial charge in [0.05, 0.1) is 0 Å². The molecule has 0 bridgehead atoms. The van der Waals surface area contributed by atoms with Gasteiger partial charge in [-0.25, -0.2) is 0 Å². The normalized spacial score (nSPS) is 17.8. The lowest BCUT2D eigenvalue weighted by Crippen LogP contribution is -2.25. The Bertz CT molecular complexity index is 141. The summed E-state index contributed by atoms with van der Waals surface area (Å²) in [6.07, 6.45) is 11.1. The van der Waals surface area contributed by atoms with Gasteiger partial charge in [0.25, 0.3) is 0 Å². The fraction of sp³-hybridized carbons (Fsp3) is 1.00. The van der Waals surface area contributed by atoms with Gasteiger partial charge in [-0.15, -0.1) is 0 Å². The second-order valence-electron chi connectivity index (χ2n) is 5.12. The molecule has 0 aromatic rings. The summed E-state index contributed by atoms with van der Waals surface area (Å²) in [5, 5.41) is 0. The number of nitrogens with two attached hydrogens (primary N) is 1. The molecule has 15 heavy (non-hydrogen) atoms. The smallest absolute Gasteiger partial charge is 0.000661 e. The predicted octanol–water partition coefficient (Wildman–Crippen LogP) is 2.63. The van der Waals surface area contributed by atoms with Crippen molar-refractivity contribution in [3.8, 4) is 0 Å². The van der Waals surface area contributed by atoms with Gasteiger partial charge in [-0.1, -0.05) is 25.7 Å². The molecule has 2 N–H and O–H groups in total. The van der Waals surface area contributed by atoms with E-state index in [1.54, 1.807) is 0 Å². The summed E-state index contributed by atoms with van der Waals surface area (Å²) < 4.78 is 0. The number of nitrogens with zero attached hydrogens (tertiary/aromatic N) is 1. The van der Waals surface area contributed by atoms with Crippen LogP contribution in [0.25, 0.3) is 0 Å². The molecule has 90 valence electrons. The van der Waals surface area contributed by atoms with Crippen molar-refractivity contribution in [2.24, 2.45) is 11.7 Å². The summed E-state index contributed by atoms with van der Waals surface area (Å²) in [6, 6.07) is 0. The van der Waals surface area contributed by atoms with Crippen molar-refractivity contribution in [1.82, 2.24) is 4.90 Å². The second kappa shape index (κ2) is 8.12. The van der Waals surface area contributed by atoms with Gasteiger partial charge < -0.3 is 10.6 Å². The summed E-state index contributed by atoms with van der Waals surface area (Å²) in [4.78, 5) is 2.53. The van der Waals surface area contributed by atoms with Gasteiger partial charge in [0.15, 0.2) is 0 Å². The first-order valence-corrected chi connectivity index (χ1v) is 6.71. The zero-order valence-electron chi connectivity index (χ0n) is 10.4. The lowest BCUT2D eigenvalue weighted by Gasteiger charge is -2.20. The number of hydrogen-bond acceptors (Lipinski definition) is 2. The third kappa shape index (κ3) is 6.16. The first-order chi connectivity index (χ1) is 7.33. The Morgan fingerprint density at radius 1 is 1.07 bits per heavy atom. The topological polar surface area (TPSA) is 29.3 Å². The van der Waals surface area contributed by atoms with E-state index in [-0.39, 0.29) is 0 Å². The molecule has 0 spiro atoms. The van der Waals surface area contributed by atoms with Crippen LogP contribution in [0.2, 0.25) is 0 Å². The molecule has 0 aromatic carbocycles. The Morgan fingerprint density at radius 2 is 1.73 bits per heavy atom. The van der Waals surface area contributed by atoms with E-state index in [1.807, 2.05) is 0 Å². The Kier molecular flexibility index (Phi) is 7.03. The van der Waals surface area contributed by atoms with Gasteiger partial charge in [0.2, 0.25) is 0 Å². The zero-order valence-corrected chi connectivity index (χ0v) is 10.4. The number of hydrogen-bond donors (Lipinski definition) is 1. The highest BCUT2D eigenvalue weighted by Gasteiger charge is 2.16. The molecule has 0 aliphatic heterocycles. The minimum Gasteiger partial charge on any atom is -0.330 e. The molecule has 0 saturated heterocycles. The molecule has 1 aliphatic rings. The van der Waals surface area contributed by atoms with Crippen LogP contribution in [0.15, 0.2) is 0 Å². The van der Waals surface area contributed by atoms with E-state index in [0.29, 0.717) is 0 Å². The summed E-state index contributed by atoms with van der Waals surface area (Å²) in [5.41, 5.74) is 5.47. The van der Waals surface area contributed by atoms with Crippen LogP contribution in [-0.2, 0) is 0 Å². The second-order valence-corrected chi connectivity index (χ2v) is 5.12. The fourth-order valence-electron chi connectivity index (χ4n) is 2.60. The van der Waals surface area contributed by atoms with Crippen molar-refractivity contribution < 1.29 is 0 Å². The van der Waals surface area contributed by atoms with E-state index in [1.165, 1.54) is 64.5 Å². The minimum atomic E-state index is 0.859. The zero-order chi connectivity index (χ0) is 10.9. The molecule has 1 fully saturated rings. The predicted molar refractivity (Wildman–Crippen MR) is 67.0 cm³/mol.